The van der Waals surface area contributed by atoms with E-state index in [0.717, 1.165) is 14.5 Å². The molecule has 2 aromatic heterocycles. The maximum absolute atomic E-state index is 5.59. The molecule has 0 spiro atoms. The van der Waals surface area contributed by atoms with Gasteiger partial charge in [-0.2, -0.15) is 0 Å². The lowest BCUT2D eigenvalue weighted by molar-refractivity contribution is 1.08. The van der Waals surface area contributed by atoms with Gasteiger partial charge in [-0.1, -0.05) is 6.07 Å². The second-order valence-corrected chi connectivity index (χ2v) is 4.66. The zero-order valence-electron chi connectivity index (χ0n) is 7.72. The van der Waals surface area contributed by atoms with Crippen molar-refractivity contribution >= 4 is 33.5 Å². The van der Waals surface area contributed by atoms with Gasteiger partial charge in [0.15, 0.2) is 0 Å². The summed E-state index contributed by atoms with van der Waals surface area (Å²) in [5.74, 6) is 0.520. The van der Waals surface area contributed by atoms with Gasteiger partial charge < -0.3 is 5.73 Å². The Balaban J connectivity index is 2.26. The van der Waals surface area contributed by atoms with Gasteiger partial charge in [-0.3, -0.25) is 0 Å². The molecule has 0 aliphatic carbocycles. The molecule has 76 valence electrons. The Bertz CT molecular complexity index is 476. The first-order chi connectivity index (χ1) is 7.25. The number of anilines is 1. The van der Waals surface area contributed by atoms with E-state index in [4.69, 9.17) is 5.73 Å². The molecule has 0 saturated carbocycles. The van der Waals surface area contributed by atoms with Gasteiger partial charge in [-0.05, 0) is 52.0 Å². The van der Waals surface area contributed by atoms with Crippen LogP contribution >= 0.6 is 27.7 Å². The molecule has 2 N–H and O–H groups in total. The Kier molecular flexibility index (Phi) is 3.23. The Hall–Kier alpha value is -1.07. The third-order valence-corrected chi connectivity index (χ3v) is 3.53. The zero-order valence-corrected chi connectivity index (χ0v) is 10.1. The van der Waals surface area contributed by atoms with Crippen molar-refractivity contribution in [1.29, 1.82) is 0 Å². The molecule has 0 amide bonds. The largest absolute Gasteiger partial charge is 0.384 e. The van der Waals surface area contributed by atoms with Crippen LogP contribution < -0.4 is 5.73 Å². The first kappa shape index (κ1) is 10.4. The maximum atomic E-state index is 5.59. The number of hydrogen-bond donors (Lipinski definition) is 1. The summed E-state index contributed by atoms with van der Waals surface area (Å²) in [6, 6.07) is 9.36. The molecular weight excluding hydrogens is 274 g/mol. The van der Waals surface area contributed by atoms with Crippen LogP contribution in [0.3, 0.4) is 0 Å². The second-order valence-electron chi connectivity index (χ2n) is 2.79. The first-order valence-corrected chi connectivity index (χ1v) is 5.87. The minimum atomic E-state index is 0.520. The summed E-state index contributed by atoms with van der Waals surface area (Å²) >= 11 is 4.91. The molecule has 0 aromatic carbocycles. The Morgan fingerprint density at radius 3 is 2.80 bits per heavy atom. The molecule has 0 aliphatic heterocycles. The van der Waals surface area contributed by atoms with Crippen LogP contribution in [0.2, 0.25) is 0 Å². The van der Waals surface area contributed by atoms with Gasteiger partial charge in [0.05, 0.1) is 4.47 Å². The minimum absolute atomic E-state index is 0.520. The van der Waals surface area contributed by atoms with Gasteiger partial charge in [0.25, 0.3) is 0 Å². The summed E-state index contributed by atoms with van der Waals surface area (Å²) in [5, 5.41) is 1.73. The molecule has 3 nitrogen and oxygen atoms in total. The Morgan fingerprint density at radius 1 is 1.20 bits per heavy atom. The Labute approximate surface area is 100 Å². The number of hydrogen-bond acceptors (Lipinski definition) is 4. The fraction of sp³-hybridized carbons (Fsp3) is 0. The lowest BCUT2D eigenvalue weighted by Crippen LogP contribution is -1.90. The molecular formula is C10H8BrN3S. The van der Waals surface area contributed by atoms with Crippen LogP contribution in [0.1, 0.15) is 0 Å². The summed E-state index contributed by atoms with van der Waals surface area (Å²) in [5.41, 5.74) is 5.59. The van der Waals surface area contributed by atoms with Gasteiger partial charge in [0, 0.05) is 6.20 Å². The quantitative estimate of drug-likeness (QED) is 0.920. The number of halogens is 1. The van der Waals surface area contributed by atoms with E-state index in [2.05, 4.69) is 25.9 Å². The molecule has 0 unspecified atom stereocenters. The smallest absolute Gasteiger partial charge is 0.124 e. The van der Waals surface area contributed by atoms with Crippen molar-refractivity contribution < 1.29 is 0 Å². The normalized spacial score (nSPS) is 10.2. The van der Waals surface area contributed by atoms with Crippen LogP contribution in [0.4, 0.5) is 5.82 Å². The van der Waals surface area contributed by atoms with Crippen LogP contribution in [-0.4, -0.2) is 9.97 Å². The van der Waals surface area contributed by atoms with Gasteiger partial charge in [0.2, 0.25) is 0 Å². The summed E-state index contributed by atoms with van der Waals surface area (Å²) < 4.78 is 0.958. The fourth-order valence-corrected chi connectivity index (χ4v) is 2.31. The highest BCUT2D eigenvalue weighted by molar-refractivity contribution is 9.10. The van der Waals surface area contributed by atoms with E-state index < -0.39 is 0 Å². The second kappa shape index (κ2) is 4.63. The third-order valence-electron chi connectivity index (χ3n) is 1.67. The molecule has 0 aliphatic rings. The van der Waals surface area contributed by atoms with E-state index >= 15 is 0 Å². The number of pyridine rings is 2. The van der Waals surface area contributed by atoms with Crippen molar-refractivity contribution in [2.24, 2.45) is 0 Å². The Morgan fingerprint density at radius 2 is 2.07 bits per heavy atom. The van der Waals surface area contributed by atoms with Crippen molar-refractivity contribution in [3.05, 3.63) is 41.0 Å². The number of rotatable bonds is 2. The lowest BCUT2D eigenvalue weighted by atomic mass is 10.5. The number of nitrogens with two attached hydrogens (primary N) is 1. The number of aromatic nitrogens is 2. The van der Waals surface area contributed by atoms with Crippen molar-refractivity contribution in [2.45, 2.75) is 10.1 Å². The number of nitrogens with zero attached hydrogens (tertiary/aromatic N) is 2. The van der Waals surface area contributed by atoms with Crippen LogP contribution in [0.15, 0.2) is 51.1 Å². The average molecular weight is 282 g/mol. The molecule has 2 rings (SSSR count). The predicted molar refractivity (Wildman–Crippen MR) is 64.7 cm³/mol. The van der Waals surface area contributed by atoms with Crippen molar-refractivity contribution in [1.82, 2.24) is 9.97 Å². The molecule has 5 heteroatoms. The van der Waals surface area contributed by atoms with Crippen LogP contribution in [0.5, 0.6) is 0 Å². The predicted octanol–water partition coefficient (Wildman–Crippen LogP) is 2.97. The van der Waals surface area contributed by atoms with E-state index in [1.807, 2.05) is 24.3 Å². The molecule has 0 radical (unpaired) electrons. The summed E-state index contributed by atoms with van der Waals surface area (Å²) in [4.78, 5) is 8.43. The van der Waals surface area contributed by atoms with Crippen LogP contribution in [-0.2, 0) is 0 Å². The molecule has 2 heterocycles. The highest BCUT2D eigenvalue weighted by Crippen LogP contribution is 2.30. The van der Waals surface area contributed by atoms with E-state index in [1.165, 1.54) is 11.8 Å². The minimum Gasteiger partial charge on any atom is -0.384 e. The standard InChI is InChI=1S/C10H8BrN3S/c11-7-3-2-6-13-10(7)15-9-5-1-4-8(12)14-9/h1-6H,(H2,12,14). The maximum Gasteiger partial charge on any atom is 0.124 e. The molecule has 15 heavy (non-hydrogen) atoms. The highest BCUT2D eigenvalue weighted by Gasteiger charge is 2.03. The molecule has 0 bridgehead atoms. The average Bonchev–Trinajstić information content (AvgIpc) is 2.22. The number of nitrogen functional groups attached to an aromatic ring is 1. The van der Waals surface area contributed by atoms with Gasteiger partial charge in [-0.15, -0.1) is 0 Å². The highest BCUT2D eigenvalue weighted by atomic mass is 79.9. The monoisotopic (exact) mass is 281 g/mol. The van der Waals surface area contributed by atoms with Crippen molar-refractivity contribution in [3.8, 4) is 0 Å². The van der Waals surface area contributed by atoms with Crippen LogP contribution in [0.25, 0.3) is 0 Å². The summed E-state index contributed by atoms with van der Waals surface area (Å²) in [7, 11) is 0. The summed E-state index contributed by atoms with van der Waals surface area (Å²) in [6.07, 6.45) is 1.75. The molecule has 2 aromatic rings. The van der Waals surface area contributed by atoms with E-state index in [9.17, 15) is 0 Å². The molecule has 0 atom stereocenters. The summed E-state index contributed by atoms with van der Waals surface area (Å²) in [6.45, 7) is 0. The van der Waals surface area contributed by atoms with Crippen molar-refractivity contribution in [3.63, 3.8) is 0 Å². The zero-order chi connectivity index (χ0) is 10.7. The van der Waals surface area contributed by atoms with E-state index in [0.29, 0.717) is 5.82 Å². The topological polar surface area (TPSA) is 51.8 Å². The van der Waals surface area contributed by atoms with Gasteiger partial charge >= 0.3 is 0 Å². The first-order valence-electron chi connectivity index (χ1n) is 4.26. The third kappa shape index (κ3) is 2.70. The molecule has 0 fully saturated rings. The van der Waals surface area contributed by atoms with Crippen molar-refractivity contribution in [2.75, 3.05) is 5.73 Å². The lowest BCUT2D eigenvalue weighted by Gasteiger charge is -2.02. The van der Waals surface area contributed by atoms with E-state index in [1.54, 1.807) is 12.3 Å². The molecule has 0 saturated heterocycles. The van der Waals surface area contributed by atoms with E-state index in [-0.39, 0.29) is 0 Å². The van der Waals surface area contributed by atoms with Gasteiger partial charge in [-0.25, -0.2) is 9.97 Å². The van der Waals surface area contributed by atoms with Gasteiger partial charge in [0.1, 0.15) is 15.9 Å². The fourth-order valence-electron chi connectivity index (χ4n) is 1.03. The SMILES string of the molecule is Nc1cccc(Sc2ncccc2Br)n1. The van der Waals surface area contributed by atoms with Crippen LogP contribution in [0, 0.1) is 0 Å².